The maximum Gasteiger partial charge on any atom is 0.416 e. The first-order valence-corrected chi connectivity index (χ1v) is 5.32. The fraction of sp³-hybridized carbons (Fsp3) is 0.417. The van der Waals surface area contributed by atoms with Gasteiger partial charge in [-0.05, 0) is 36.6 Å². The van der Waals surface area contributed by atoms with Crippen LogP contribution in [0.15, 0.2) is 18.2 Å². The molecule has 0 atom stereocenters. The number of rotatable bonds is 1. The molecule has 1 fully saturated rings. The average Bonchev–Trinajstić information content (AvgIpc) is 2.11. The van der Waals surface area contributed by atoms with Gasteiger partial charge in [-0.25, -0.2) is 0 Å². The van der Waals surface area contributed by atoms with Gasteiger partial charge in [0, 0.05) is 5.92 Å². The lowest BCUT2D eigenvalue weighted by molar-refractivity contribution is -0.143. The zero-order chi connectivity index (χ0) is 13.6. The minimum Gasteiger partial charge on any atom is -0.166 e. The zero-order valence-electron chi connectivity index (χ0n) is 9.12. The van der Waals surface area contributed by atoms with E-state index < -0.39 is 23.5 Å². The second-order valence-corrected chi connectivity index (χ2v) is 4.25. The summed E-state index contributed by atoms with van der Waals surface area (Å²) in [5, 5.41) is 0. The van der Waals surface area contributed by atoms with Gasteiger partial charge in [-0.1, -0.05) is 6.42 Å². The van der Waals surface area contributed by atoms with Crippen LogP contribution in [0, 0.1) is 5.92 Å². The van der Waals surface area contributed by atoms with Crippen molar-refractivity contribution in [2.45, 2.75) is 31.6 Å². The van der Waals surface area contributed by atoms with E-state index in [1.54, 1.807) is 0 Å². The Morgan fingerprint density at radius 1 is 0.722 bits per heavy atom. The van der Waals surface area contributed by atoms with Crippen molar-refractivity contribution in [3.8, 4) is 0 Å². The molecule has 1 aromatic carbocycles. The van der Waals surface area contributed by atoms with Gasteiger partial charge < -0.3 is 0 Å². The second-order valence-electron chi connectivity index (χ2n) is 4.25. The van der Waals surface area contributed by atoms with Gasteiger partial charge in [-0.3, -0.25) is 0 Å². The van der Waals surface area contributed by atoms with Crippen molar-refractivity contribution in [1.82, 2.24) is 0 Å². The number of hydrogen-bond acceptors (Lipinski definition) is 0. The maximum absolute atomic E-state index is 12.5. The lowest BCUT2D eigenvalue weighted by Crippen LogP contribution is -2.16. The van der Waals surface area contributed by atoms with Crippen LogP contribution in [0.5, 0.6) is 0 Å². The molecule has 18 heavy (non-hydrogen) atoms. The number of hydrogen-bond donors (Lipinski definition) is 0. The summed E-state index contributed by atoms with van der Waals surface area (Å²) >= 11 is 0. The molecule has 0 aliphatic heterocycles. The van der Waals surface area contributed by atoms with E-state index in [0.29, 0.717) is 18.8 Å². The van der Waals surface area contributed by atoms with E-state index in [-0.39, 0.29) is 11.6 Å². The first-order chi connectivity index (χ1) is 8.18. The second kappa shape index (κ2) is 4.17. The van der Waals surface area contributed by atoms with Gasteiger partial charge >= 0.3 is 12.4 Å². The topological polar surface area (TPSA) is 0 Å². The van der Waals surface area contributed by atoms with Crippen LogP contribution in [0.4, 0.5) is 26.3 Å². The Morgan fingerprint density at radius 3 is 1.44 bits per heavy atom. The molecule has 99 valence electrons. The average molecular weight is 267 g/mol. The molecule has 0 spiro atoms. The molecule has 0 aromatic heterocycles. The molecule has 1 saturated carbocycles. The van der Waals surface area contributed by atoms with E-state index in [1.807, 2.05) is 0 Å². The number of alkyl halides is 6. The smallest absolute Gasteiger partial charge is 0.166 e. The van der Waals surface area contributed by atoms with Crippen molar-refractivity contribution < 1.29 is 26.3 Å². The summed E-state index contributed by atoms with van der Waals surface area (Å²) in [6.45, 7) is 0. The van der Waals surface area contributed by atoms with Crippen molar-refractivity contribution in [2.75, 3.05) is 0 Å². The lowest BCUT2D eigenvalue weighted by Gasteiger charge is -2.26. The van der Waals surface area contributed by atoms with E-state index in [9.17, 15) is 26.3 Å². The predicted molar refractivity (Wildman–Crippen MR) is 52.6 cm³/mol. The summed E-state index contributed by atoms with van der Waals surface area (Å²) in [6, 6.07) is 1.75. The summed E-state index contributed by atoms with van der Waals surface area (Å²) < 4.78 is 75.3. The first kappa shape index (κ1) is 13.2. The molecule has 1 aromatic rings. The summed E-state index contributed by atoms with van der Waals surface area (Å²) in [6.07, 6.45) is -7.58. The predicted octanol–water partition coefficient (Wildman–Crippen LogP) is 4.83. The molecule has 0 unspecified atom stereocenters. The van der Waals surface area contributed by atoms with Gasteiger partial charge in [0.2, 0.25) is 0 Å². The monoisotopic (exact) mass is 267 g/mol. The first-order valence-electron chi connectivity index (χ1n) is 5.32. The van der Waals surface area contributed by atoms with Gasteiger partial charge in [0.05, 0.1) is 11.1 Å². The summed E-state index contributed by atoms with van der Waals surface area (Å²) in [5.74, 6) is 0.659. The van der Waals surface area contributed by atoms with Crippen molar-refractivity contribution in [1.29, 1.82) is 0 Å². The highest BCUT2D eigenvalue weighted by atomic mass is 19.4. The van der Waals surface area contributed by atoms with Crippen LogP contribution in [0.3, 0.4) is 0 Å². The van der Waals surface area contributed by atoms with Gasteiger partial charge in [-0.15, -0.1) is 0 Å². The fourth-order valence-electron chi connectivity index (χ4n) is 1.80. The number of benzene rings is 1. The third-order valence-electron chi connectivity index (χ3n) is 2.95. The van der Waals surface area contributed by atoms with Crippen molar-refractivity contribution in [3.05, 3.63) is 40.8 Å². The standard InChI is InChI=1S/C12H9F6/c13-11(14,15)9-4-8(7-2-1-3-7)5-10(6-9)12(16,17)18/h4-6H,1-3H2. The Hall–Kier alpha value is -1.20. The van der Waals surface area contributed by atoms with Crippen LogP contribution in [0.1, 0.15) is 36.0 Å². The van der Waals surface area contributed by atoms with E-state index in [4.69, 9.17) is 0 Å². The molecule has 0 bridgehead atoms. The lowest BCUT2D eigenvalue weighted by atomic mass is 9.79. The van der Waals surface area contributed by atoms with Crippen LogP contribution < -0.4 is 0 Å². The van der Waals surface area contributed by atoms with Crippen LogP contribution in [0.2, 0.25) is 0 Å². The molecule has 1 aliphatic carbocycles. The Bertz CT molecular complexity index is 407. The van der Waals surface area contributed by atoms with Gasteiger partial charge in [-0.2, -0.15) is 26.3 Å². The van der Waals surface area contributed by atoms with Crippen molar-refractivity contribution >= 4 is 0 Å². The summed E-state index contributed by atoms with van der Waals surface area (Å²) in [5.41, 5.74) is -2.43. The van der Waals surface area contributed by atoms with Gasteiger partial charge in [0.25, 0.3) is 0 Å². The van der Waals surface area contributed by atoms with Crippen LogP contribution in [-0.2, 0) is 12.4 Å². The van der Waals surface area contributed by atoms with E-state index >= 15 is 0 Å². The Kier molecular flexibility index (Phi) is 3.07. The molecule has 1 aliphatic rings. The van der Waals surface area contributed by atoms with Gasteiger partial charge in [0.1, 0.15) is 0 Å². The molecule has 0 saturated heterocycles. The Labute approximate surface area is 99.6 Å². The van der Waals surface area contributed by atoms with Crippen molar-refractivity contribution in [3.63, 3.8) is 0 Å². The van der Waals surface area contributed by atoms with Crippen molar-refractivity contribution in [2.24, 2.45) is 0 Å². The fourth-order valence-corrected chi connectivity index (χ4v) is 1.80. The molecule has 0 amide bonds. The molecular weight excluding hydrogens is 258 g/mol. The highest BCUT2D eigenvalue weighted by molar-refractivity contribution is 5.42. The van der Waals surface area contributed by atoms with E-state index in [0.717, 1.165) is 18.6 Å². The highest BCUT2D eigenvalue weighted by Crippen LogP contribution is 2.41. The van der Waals surface area contributed by atoms with Gasteiger partial charge in [0.15, 0.2) is 0 Å². The molecular formula is C12H9F6. The van der Waals surface area contributed by atoms with Crippen LogP contribution in [-0.4, -0.2) is 0 Å². The third kappa shape index (κ3) is 2.62. The molecule has 0 heterocycles. The number of halogens is 6. The van der Waals surface area contributed by atoms with Crippen LogP contribution in [0.25, 0.3) is 0 Å². The van der Waals surface area contributed by atoms with E-state index in [2.05, 4.69) is 0 Å². The minimum absolute atomic E-state index is 0.0587. The summed E-state index contributed by atoms with van der Waals surface area (Å²) in [7, 11) is 0. The molecule has 2 rings (SSSR count). The molecule has 1 radical (unpaired) electrons. The Morgan fingerprint density at radius 2 is 1.17 bits per heavy atom. The maximum atomic E-state index is 12.5. The largest absolute Gasteiger partial charge is 0.416 e. The molecule has 0 N–H and O–H groups in total. The molecule has 0 nitrogen and oxygen atoms in total. The SMILES string of the molecule is FC(F)(F)c1cc([C]2CCC2)cc(C(F)(F)F)c1. The third-order valence-corrected chi connectivity index (χ3v) is 2.95. The Balaban J connectivity index is 2.48. The molecule has 6 heteroatoms. The highest BCUT2D eigenvalue weighted by Gasteiger charge is 2.38. The zero-order valence-corrected chi connectivity index (χ0v) is 9.12. The summed E-state index contributed by atoms with van der Waals surface area (Å²) in [4.78, 5) is 0. The quantitative estimate of drug-likeness (QED) is 0.639. The normalized spacial score (nSPS) is 17.7. The van der Waals surface area contributed by atoms with E-state index in [1.165, 1.54) is 0 Å². The minimum atomic E-state index is -4.76. The van der Waals surface area contributed by atoms with Crippen LogP contribution >= 0.6 is 0 Å².